The van der Waals surface area contributed by atoms with Crippen molar-refractivity contribution in [1.82, 2.24) is 4.57 Å². The molecule has 0 atom stereocenters. The van der Waals surface area contributed by atoms with Crippen molar-refractivity contribution in [1.29, 1.82) is 0 Å². The molecule has 1 amide bonds. The second-order valence-electron chi connectivity index (χ2n) is 5.25. The van der Waals surface area contributed by atoms with Crippen molar-refractivity contribution in [3.8, 4) is 0 Å². The lowest BCUT2D eigenvalue weighted by molar-refractivity contribution is -0.116. The number of fused-ring (bicyclic) bond motifs is 1. The van der Waals surface area contributed by atoms with Crippen LogP contribution in [0.1, 0.15) is 5.56 Å². The number of carbonyl (C=O) groups is 1. The quantitative estimate of drug-likeness (QED) is 0.807. The zero-order chi connectivity index (χ0) is 15.5. The SMILES string of the molecule is Cc1ccc(=O)n(CC(=O)Nc2cccc3ccccc23)c1. The van der Waals surface area contributed by atoms with Crippen LogP contribution in [0.2, 0.25) is 0 Å². The van der Waals surface area contributed by atoms with Gasteiger partial charge in [0, 0.05) is 23.3 Å². The van der Waals surface area contributed by atoms with Gasteiger partial charge in [-0.2, -0.15) is 0 Å². The summed E-state index contributed by atoms with van der Waals surface area (Å²) in [4.78, 5) is 24.0. The van der Waals surface area contributed by atoms with E-state index in [0.717, 1.165) is 22.0 Å². The van der Waals surface area contributed by atoms with E-state index in [9.17, 15) is 9.59 Å². The highest BCUT2D eigenvalue weighted by Crippen LogP contribution is 2.22. The Morgan fingerprint density at radius 3 is 2.68 bits per heavy atom. The van der Waals surface area contributed by atoms with Crippen molar-refractivity contribution in [2.45, 2.75) is 13.5 Å². The van der Waals surface area contributed by atoms with E-state index in [4.69, 9.17) is 0 Å². The molecule has 22 heavy (non-hydrogen) atoms. The summed E-state index contributed by atoms with van der Waals surface area (Å²) in [6.07, 6.45) is 1.69. The summed E-state index contributed by atoms with van der Waals surface area (Å²) < 4.78 is 1.41. The Labute approximate surface area is 128 Å². The smallest absolute Gasteiger partial charge is 0.251 e. The number of nitrogens with zero attached hydrogens (tertiary/aromatic N) is 1. The fourth-order valence-electron chi connectivity index (χ4n) is 2.45. The minimum Gasteiger partial charge on any atom is -0.324 e. The number of amides is 1. The van der Waals surface area contributed by atoms with E-state index in [-0.39, 0.29) is 18.0 Å². The van der Waals surface area contributed by atoms with Crippen LogP contribution < -0.4 is 10.9 Å². The van der Waals surface area contributed by atoms with E-state index >= 15 is 0 Å². The van der Waals surface area contributed by atoms with Gasteiger partial charge in [0.15, 0.2) is 0 Å². The maximum absolute atomic E-state index is 12.2. The van der Waals surface area contributed by atoms with E-state index in [0.29, 0.717) is 0 Å². The molecule has 1 aromatic heterocycles. The van der Waals surface area contributed by atoms with Crippen LogP contribution in [0.25, 0.3) is 10.8 Å². The fraction of sp³-hybridized carbons (Fsp3) is 0.111. The van der Waals surface area contributed by atoms with Crippen LogP contribution in [0.5, 0.6) is 0 Å². The summed E-state index contributed by atoms with van der Waals surface area (Å²) in [6, 6.07) is 16.8. The first-order valence-corrected chi connectivity index (χ1v) is 7.08. The lowest BCUT2D eigenvalue weighted by Crippen LogP contribution is -2.26. The molecule has 2 aromatic carbocycles. The van der Waals surface area contributed by atoms with Crippen LogP contribution in [0.4, 0.5) is 5.69 Å². The molecule has 0 aliphatic carbocycles. The van der Waals surface area contributed by atoms with E-state index in [1.165, 1.54) is 10.6 Å². The number of carbonyl (C=O) groups excluding carboxylic acids is 1. The molecule has 0 saturated heterocycles. The molecule has 3 rings (SSSR count). The van der Waals surface area contributed by atoms with Gasteiger partial charge < -0.3 is 9.88 Å². The topological polar surface area (TPSA) is 51.1 Å². The standard InChI is InChI=1S/C18H16N2O2/c1-13-9-10-18(22)20(11-13)12-17(21)19-16-8-4-6-14-5-2-3-7-15(14)16/h2-11H,12H2,1H3,(H,19,21). The van der Waals surface area contributed by atoms with Crippen molar-refractivity contribution in [2.24, 2.45) is 0 Å². The normalized spacial score (nSPS) is 10.6. The molecule has 0 aliphatic heterocycles. The highest BCUT2D eigenvalue weighted by Gasteiger charge is 2.07. The number of benzene rings is 2. The summed E-state index contributed by atoms with van der Waals surface area (Å²) in [7, 11) is 0. The van der Waals surface area contributed by atoms with Crippen molar-refractivity contribution in [3.05, 3.63) is 76.7 Å². The minimum absolute atomic E-state index is 0.00370. The van der Waals surface area contributed by atoms with Gasteiger partial charge in [-0.15, -0.1) is 0 Å². The average Bonchev–Trinajstić information content (AvgIpc) is 2.51. The molecule has 0 unspecified atom stereocenters. The molecule has 4 heteroatoms. The first-order valence-electron chi connectivity index (χ1n) is 7.08. The van der Waals surface area contributed by atoms with Gasteiger partial charge >= 0.3 is 0 Å². The second kappa shape index (κ2) is 5.85. The van der Waals surface area contributed by atoms with Crippen LogP contribution in [0, 0.1) is 6.92 Å². The lowest BCUT2D eigenvalue weighted by Gasteiger charge is -2.10. The van der Waals surface area contributed by atoms with Gasteiger partial charge in [-0.05, 0) is 23.9 Å². The van der Waals surface area contributed by atoms with Gasteiger partial charge in [0.25, 0.3) is 5.56 Å². The molecule has 0 saturated carbocycles. The lowest BCUT2D eigenvalue weighted by atomic mass is 10.1. The number of pyridine rings is 1. The maximum Gasteiger partial charge on any atom is 0.251 e. The van der Waals surface area contributed by atoms with Crippen LogP contribution in [0.3, 0.4) is 0 Å². The van der Waals surface area contributed by atoms with Crippen molar-refractivity contribution < 1.29 is 4.79 Å². The zero-order valence-corrected chi connectivity index (χ0v) is 12.2. The monoisotopic (exact) mass is 292 g/mol. The summed E-state index contributed by atoms with van der Waals surface area (Å²) in [6.45, 7) is 1.89. The van der Waals surface area contributed by atoms with Crippen LogP contribution in [0.15, 0.2) is 65.6 Å². The van der Waals surface area contributed by atoms with E-state index in [1.54, 1.807) is 12.3 Å². The molecule has 0 aliphatic rings. The Morgan fingerprint density at radius 2 is 1.82 bits per heavy atom. The number of nitrogens with one attached hydrogen (secondary N) is 1. The van der Waals surface area contributed by atoms with Gasteiger partial charge in [0.2, 0.25) is 5.91 Å². The summed E-state index contributed by atoms with van der Waals surface area (Å²) in [5.74, 6) is -0.218. The van der Waals surface area contributed by atoms with Gasteiger partial charge in [0.1, 0.15) is 6.54 Å². The Hall–Kier alpha value is -2.88. The number of aromatic nitrogens is 1. The van der Waals surface area contributed by atoms with Gasteiger partial charge in [0.05, 0.1) is 0 Å². The number of rotatable bonds is 3. The Kier molecular flexibility index (Phi) is 3.74. The first-order chi connectivity index (χ1) is 10.6. The van der Waals surface area contributed by atoms with E-state index < -0.39 is 0 Å². The molecule has 0 spiro atoms. The molecule has 110 valence electrons. The third kappa shape index (κ3) is 2.91. The molecule has 3 aromatic rings. The predicted octanol–water partition coefficient (Wildman–Crippen LogP) is 2.95. The zero-order valence-electron chi connectivity index (χ0n) is 12.2. The Balaban J connectivity index is 1.84. The molecular formula is C18H16N2O2. The summed E-state index contributed by atoms with van der Waals surface area (Å²) >= 11 is 0. The fourth-order valence-corrected chi connectivity index (χ4v) is 2.45. The molecule has 1 N–H and O–H groups in total. The van der Waals surface area contributed by atoms with Crippen LogP contribution >= 0.6 is 0 Å². The highest BCUT2D eigenvalue weighted by molar-refractivity contribution is 6.01. The third-order valence-electron chi connectivity index (χ3n) is 3.51. The largest absolute Gasteiger partial charge is 0.324 e. The van der Waals surface area contributed by atoms with Crippen LogP contribution in [-0.4, -0.2) is 10.5 Å². The Morgan fingerprint density at radius 1 is 1.05 bits per heavy atom. The van der Waals surface area contributed by atoms with Crippen molar-refractivity contribution >= 4 is 22.4 Å². The molecule has 0 radical (unpaired) electrons. The van der Waals surface area contributed by atoms with E-state index in [2.05, 4.69) is 5.32 Å². The van der Waals surface area contributed by atoms with Crippen LogP contribution in [-0.2, 0) is 11.3 Å². The van der Waals surface area contributed by atoms with Crippen molar-refractivity contribution in [2.75, 3.05) is 5.32 Å². The summed E-state index contributed by atoms with van der Waals surface area (Å²) in [5, 5.41) is 4.93. The summed E-state index contributed by atoms with van der Waals surface area (Å²) in [5.41, 5.74) is 1.51. The minimum atomic E-state index is -0.218. The molecule has 1 heterocycles. The number of anilines is 1. The predicted molar refractivity (Wildman–Crippen MR) is 88.0 cm³/mol. The van der Waals surface area contributed by atoms with Gasteiger partial charge in [-0.25, -0.2) is 0 Å². The van der Waals surface area contributed by atoms with Gasteiger partial charge in [-0.3, -0.25) is 9.59 Å². The average molecular weight is 292 g/mol. The number of hydrogen-bond donors (Lipinski definition) is 1. The highest BCUT2D eigenvalue weighted by atomic mass is 16.2. The van der Waals surface area contributed by atoms with E-state index in [1.807, 2.05) is 49.4 Å². The molecule has 0 bridgehead atoms. The molecule has 0 fully saturated rings. The maximum atomic E-state index is 12.2. The molecular weight excluding hydrogens is 276 g/mol. The van der Waals surface area contributed by atoms with Gasteiger partial charge in [-0.1, -0.05) is 42.5 Å². The first kappa shape index (κ1) is 14.1. The molecule has 4 nitrogen and oxygen atoms in total. The second-order valence-corrected chi connectivity index (χ2v) is 5.25. The van der Waals surface area contributed by atoms with Crippen molar-refractivity contribution in [3.63, 3.8) is 0 Å². The number of aryl methyl sites for hydroxylation is 1. The third-order valence-corrected chi connectivity index (χ3v) is 3.51. The number of hydrogen-bond acceptors (Lipinski definition) is 2. The Bertz CT molecular complexity index is 891.